The van der Waals surface area contributed by atoms with Gasteiger partial charge in [-0.25, -0.2) is 9.13 Å². The van der Waals surface area contributed by atoms with Gasteiger partial charge in [-0.15, -0.1) is 0 Å². The number of imidazole rings is 1. The third-order valence-corrected chi connectivity index (χ3v) is 5.84. The van der Waals surface area contributed by atoms with Crippen molar-refractivity contribution in [1.82, 2.24) is 4.57 Å². The minimum atomic E-state index is 0. The van der Waals surface area contributed by atoms with Gasteiger partial charge in [0.05, 0.1) is 0 Å². The van der Waals surface area contributed by atoms with Crippen molar-refractivity contribution in [3.63, 3.8) is 0 Å². The normalized spacial score (nSPS) is 10.9. The third-order valence-electron chi connectivity index (χ3n) is 5.18. The van der Waals surface area contributed by atoms with Crippen LogP contribution >= 0.6 is 15.9 Å². The SMILES string of the molecule is Brc1c[n+](Cc2ccc3ccccc3c2)cn1Cc1ccc2ccccc2c1.[Br-]. The van der Waals surface area contributed by atoms with Crippen LogP contribution in [0.25, 0.3) is 21.5 Å². The number of hydrogen-bond acceptors (Lipinski definition) is 0. The number of aromatic nitrogens is 2. The van der Waals surface area contributed by atoms with Gasteiger partial charge in [-0.1, -0.05) is 72.8 Å². The average molecular weight is 508 g/mol. The summed E-state index contributed by atoms with van der Waals surface area (Å²) in [5.74, 6) is 0. The van der Waals surface area contributed by atoms with Crippen molar-refractivity contribution < 1.29 is 21.5 Å². The fourth-order valence-electron chi connectivity index (χ4n) is 3.76. The molecule has 2 nitrogen and oxygen atoms in total. The second-order valence-electron chi connectivity index (χ2n) is 7.23. The van der Waals surface area contributed by atoms with Crippen LogP contribution in [0, 0.1) is 0 Å². The Kier molecular flexibility index (Phi) is 5.84. The number of halogens is 2. The molecule has 4 heteroatoms. The molecule has 0 unspecified atom stereocenters. The Hall–Kier alpha value is -2.43. The molecular weight excluding hydrogens is 488 g/mol. The number of nitrogens with zero attached hydrogens (tertiary/aromatic N) is 2. The summed E-state index contributed by atoms with van der Waals surface area (Å²) in [6.45, 7) is 1.70. The molecule has 0 aliphatic rings. The van der Waals surface area contributed by atoms with Crippen molar-refractivity contribution in [2.45, 2.75) is 13.1 Å². The van der Waals surface area contributed by atoms with Crippen LogP contribution < -0.4 is 21.5 Å². The van der Waals surface area contributed by atoms with Crippen LogP contribution in [-0.4, -0.2) is 4.57 Å². The number of benzene rings is 4. The molecule has 0 aliphatic heterocycles. The van der Waals surface area contributed by atoms with Crippen molar-refractivity contribution in [1.29, 1.82) is 0 Å². The Bertz CT molecular complexity index is 1290. The van der Waals surface area contributed by atoms with E-state index in [1.807, 2.05) is 0 Å². The van der Waals surface area contributed by atoms with E-state index in [0.29, 0.717) is 0 Å². The first-order chi connectivity index (χ1) is 13.7. The molecule has 0 saturated carbocycles. The molecule has 0 aliphatic carbocycles. The molecule has 0 bridgehead atoms. The number of fused-ring (bicyclic) bond motifs is 2. The lowest BCUT2D eigenvalue weighted by Gasteiger charge is -2.03. The van der Waals surface area contributed by atoms with Gasteiger partial charge in [0.1, 0.15) is 19.3 Å². The van der Waals surface area contributed by atoms with Crippen LogP contribution in [-0.2, 0) is 13.1 Å². The second-order valence-corrected chi connectivity index (χ2v) is 8.04. The molecule has 0 radical (unpaired) electrons. The van der Waals surface area contributed by atoms with Gasteiger partial charge in [-0.3, -0.25) is 0 Å². The van der Waals surface area contributed by atoms with E-state index in [9.17, 15) is 0 Å². The molecule has 0 amide bonds. The maximum atomic E-state index is 3.72. The highest BCUT2D eigenvalue weighted by Gasteiger charge is 2.12. The molecule has 5 rings (SSSR count). The molecular formula is C25H20Br2N2. The minimum absolute atomic E-state index is 0. The highest BCUT2D eigenvalue weighted by atomic mass is 79.9. The Morgan fingerprint density at radius 2 is 1.24 bits per heavy atom. The summed E-state index contributed by atoms with van der Waals surface area (Å²) in [5, 5.41) is 5.14. The first-order valence-corrected chi connectivity index (χ1v) is 10.2. The van der Waals surface area contributed by atoms with Crippen molar-refractivity contribution >= 4 is 37.5 Å². The van der Waals surface area contributed by atoms with Crippen LogP contribution in [0.3, 0.4) is 0 Å². The van der Waals surface area contributed by atoms with Gasteiger partial charge in [0.25, 0.3) is 0 Å². The summed E-state index contributed by atoms with van der Waals surface area (Å²) >= 11 is 3.72. The summed E-state index contributed by atoms with van der Waals surface area (Å²) in [4.78, 5) is 0. The Morgan fingerprint density at radius 3 is 1.90 bits per heavy atom. The molecule has 1 aromatic heterocycles. The highest BCUT2D eigenvalue weighted by Crippen LogP contribution is 2.19. The summed E-state index contributed by atoms with van der Waals surface area (Å²) in [5.41, 5.74) is 2.60. The zero-order valence-corrected chi connectivity index (χ0v) is 19.0. The lowest BCUT2D eigenvalue weighted by atomic mass is 10.1. The second kappa shape index (κ2) is 8.52. The van der Waals surface area contributed by atoms with Gasteiger partial charge >= 0.3 is 0 Å². The van der Waals surface area contributed by atoms with Gasteiger partial charge in [-0.2, -0.15) is 0 Å². The molecule has 0 fully saturated rings. The monoisotopic (exact) mass is 506 g/mol. The number of hydrogen-bond donors (Lipinski definition) is 0. The predicted octanol–water partition coefficient (Wildman–Crippen LogP) is 2.95. The third kappa shape index (κ3) is 4.29. The molecule has 0 atom stereocenters. The summed E-state index contributed by atoms with van der Waals surface area (Å²) in [6, 6.07) is 30.4. The van der Waals surface area contributed by atoms with Crippen LogP contribution in [0.4, 0.5) is 0 Å². The van der Waals surface area contributed by atoms with Gasteiger partial charge in [0.15, 0.2) is 0 Å². The van der Waals surface area contributed by atoms with Crippen molar-refractivity contribution in [3.8, 4) is 0 Å². The molecule has 29 heavy (non-hydrogen) atoms. The van der Waals surface area contributed by atoms with Crippen molar-refractivity contribution in [2.75, 3.05) is 0 Å². The largest absolute Gasteiger partial charge is 1.00 e. The van der Waals surface area contributed by atoms with Crippen molar-refractivity contribution in [3.05, 3.63) is 113 Å². The molecule has 1 heterocycles. The van der Waals surface area contributed by atoms with Crippen LogP contribution in [0.1, 0.15) is 11.1 Å². The van der Waals surface area contributed by atoms with Gasteiger partial charge in [0.2, 0.25) is 10.9 Å². The maximum absolute atomic E-state index is 3.72. The first kappa shape index (κ1) is 19.9. The fourth-order valence-corrected chi connectivity index (χ4v) is 4.24. The molecule has 144 valence electrons. The topological polar surface area (TPSA) is 8.81 Å². The smallest absolute Gasteiger partial charge is 0.245 e. The fraction of sp³-hybridized carbons (Fsp3) is 0.0800. The highest BCUT2D eigenvalue weighted by molar-refractivity contribution is 9.10. The van der Waals surface area contributed by atoms with Crippen LogP contribution in [0.5, 0.6) is 0 Å². The summed E-state index contributed by atoms with van der Waals surface area (Å²) < 4.78 is 5.56. The Morgan fingerprint density at radius 1 is 0.690 bits per heavy atom. The quantitative estimate of drug-likeness (QED) is 0.331. The van der Waals surface area contributed by atoms with Crippen LogP contribution in [0.15, 0.2) is 102 Å². The average Bonchev–Trinajstić information content (AvgIpc) is 3.06. The minimum Gasteiger partial charge on any atom is -1.00 e. The Balaban J connectivity index is 0.00000205. The summed E-state index contributed by atoms with van der Waals surface area (Å²) in [6.07, 6.45) is 4.32. The standard InChI is InChI=1S/C25H20BrN2.BrH/c26-25-17-27(15-19-9-11-21-5-1-3-7-23(21)13-19)18-28(25)16-20-10-12-22-6-2-4-8-24(22)14-20;/h1-14,17-18H,15-16H2;1H/q+1;/p-1. The van der Waals surface area contributed by atoms with Crippen LogP contribution in [0.2, 0.25) is 0 Å². The van der Waals surface area contributed by atoms with E-state index in [-0.39, 0.29) is 17.0 Å². The van der Waals surface area contributed by atoms with E-state index in [0.717, 1.165) is 17.7 Å². The molecule has 5 aromatic rings. The van der Waals surface area contributed by atoms with E-state index in [4.69, 9.17) is 0 Å². The summed E-state index contributed by atoms with van der Waals surface area (Å²) in [7, 11) is 0. The predicted molar refractivity (Wildman–Crippen MR) is 118 cm³/mol. The Labute approximate surface area is 189 Å². The lowest BCUT2D eigenvalue weighted by molar-refractivity contribution is -0.688. The zero-order valence-electron chi connectivity index (χ0n) is 15.8. The van der Waals surface area contributed by atoms with E-state index in [2.05, 4.69) is 123 Å². The van der Waals surface area contributed by atoms with Gasteiger partial charge in [-0.05, 0) is 44.8 Å². The molecule has 0 N–H and O–H groups in total. The van der Waals surface area contributed by atoms with Crippen molar-refractivity contribution in [2.24, 2.45) is 0 Å². The van der Waals surface area contributed by atoms with E-state index >= 15 is 0 Å². The van der Waals surface area contributed by atoms with E-state index in [1.54, 1.807) is 0 Å². The van der Waals surface area contributed by atoms with Gasteiger partial charge in [0, 0.05) is 15.9 Å². The maximum Gasteiger partial charge on any atom is 0.245 e. The zero-order chi connectivity index (χ0) is 18.9. The molecule has 4 aromatic carbocycles. The number of rotatable bonds is 4. The molecule has 0 saturated heterocycles. The van der Waals surface area contributed by atoms with E-state index < -0.39 is 0 Å². The first-order valence-electron chi connectivity index (χ1n) is 9.45. The van der Waals surface area contributed by atoms with Gasteiger partial charge < -0.3 is 17.0 Å². The lowest BCUT2D eigenvalue weighted by Crippen LogP contribution is -3.00. The molecule has 0 spiro atoms. The van der Waals surface area contributed by atoms with E-state index in [1.165, 1.54) is 32.7 Å².